The van der Waals surface area contributed by atoms with Gasteiger partial charge in [0.25, 0.3) is 0 Å². The van der Waals surface area contributed by atoms with Crippen LogP contribution in [0.4, 0.5) is 0 Å². The summed E-state index contributed by atoms with van der Waals surface area (Å²) in [6.07, 6.45) is 2.57. The van der Waals surface area contributed by atoms with Gasteiger partial charge < -0.3 is 5.32 Å². The molecule has 88 valence electrons. The van der Waals surface area contributed by atoms with E-state index in [0.717, 1.165) is 18.5 Å². The number of nitrogens with one attached hydrogen (secondary N) is 1. The predicted molar refractivity (Wildman–Crippen MR) is 69.7 cm³/mol. The lowest BCUT2D eigenvalue weighted by molar-refractivity contribution is 0.366. The van der Waals surface area contributed by atoms with Crippen molar-refractivity contribution < 1.29 is 0 Å². The van der Waals surface area contributed by atoms with Crippen LogP contribution >= 0.6 is 0 Å². The molecule has 0 heterocycles. The molecule has 0 aliphatic heterocycles. The van der Waals surface area contributed by atoms with Crippen LogP contribution in [0.25, 0.3) is 0 Å². The smallest absolute Gasteiger partial charge is 0.0143 e. The largest absolute Gasteiger partial charge is 0.313 e. The minimum absolute atomic E-state index is 0.449. The minimum atomic E-state index is 0.449. The summed E-state index contributed by atoms with van der Waals surface area (Å²) >= 11 is 0. The van der Waals surface area contributed by atoms with E-state index in [1.54, 1.807) is 0 Å². The lowest BCUT2D eigenvalue weighted by atomic mass is 9.92. The van der Waals surface area contributed by atoms with Crippen molar-refractivity contribution in [2.45, 2.75) is 45.6 Å². The molecule has 0 aromatic heterocycles. The SMILES string of the molecule is CC(C)(C)CCN[C@H]1CC1c1ccccc1. The molecular formula is C15H23N. The molecule has 0 bridgehead atoms. The number of hydrogen-bond donors (Lipinski definition) is 1. The maximum Gasteiger partial charge on any atom is 0.0143 e. The van der Waals surface area contributed by atoms with Crippen LogP contribution in [0.2, 0.25) is 0 Å². The van der Waals surface area contributed by atoms with Crippen LogP contribution < -0.4 is 5.32 Å². The van der Waals surface area contributed by atoms with Crippen LogP contribution in [-0.4, -0.2) is 12.6 Å². The summed E-state index contributed by atoms with van der Waals surface area (Å²) in [5.41, 5.74) is 1.94. The first-order valence-corrected chi connectivity index (χ1v) is 6.34. The predicted octanol–water partition coefficient (Wildman–Crippen LogP) is 3.57. The first-order chi connectivity index (χ1) is 7.56. The summed E-state index contributed by atoms with van der Waals surface area (Å²) in [5, 5.41) is 3.66. The van der Waals surface area contributed by atoms with Crippen molar-refractivity contribution in [3.8, 4) is 0 Å². The molecule has 1 aromatic carbocycles. The molecule has 0 saturated heterocycles. The minimum Gasteiger partial charge on any atom is -0.313 e. The highest BCUT2D eigenvalue weighted by atomic mass is 15.0. The van der Waals surface area contributed by atoms with E-state index in [4.69, 9.17) is 0 Å². The molecule has 0 spiro atoms. The zero-order valence-corrected chi connectivity index (χ0v) is 10.7. The van der Waals surface area contributed by atoms with Gasteiger partial charge in [0.2, 0.25) is 0 Å². The molecule has 1 aromatic rings. The van der Waals surface area contributed by atoms with E-state index in [1.807, 2.05) is 0 Å². The average molecular weight is 217 g/mol. The summed E-state index contributed by atoms with van der Waals surface area (Å²) in [6, 6.07) is 11.6. The fourth-order valence-electron chi connectivity index (χ4n) is 2.12. The van der Waals surface area contributed by atoms with E-state index in [0.29, 0.717) is 5.41 Å². The maximum atomic E-state index is 3.66. The second kappa shape index (κ2) is 4.58. The first kappa shape index (κ1) is 11.7. The molecule has 0 amide bonds. The fourth-order valence-corrected chi connectivity index (χ4v) is 2.12. The van der Waals surface area contributed by atoms with Crippen LogP contribution in [0.3, 0.4) is 0 Å². The van der Waals surface area contributed by atoms with Crippen molar-refractivity contribution in [2.75, 3.05) is 6.54 Å². The summed E-state index contributed by atoms with van der Waals surface area (Å²) in [7, 11) is 0. The molecule has 1 nitrogen and oxygen atoms in total. The third-order valence-corrected chi connectivity index (χ3v) is 3.30. The molecule has 16 heavy (non-hydrogen) atoms. The molecule has 2 atom stereocenters. The molecule has 1 aliphatic rings. The Balaban J connectivity index is 1.72. The van der Waals surface area contributed by atoms with E-state index in [9.17, 15) is 0 Å². The lowest BCUT2D eigenvalue weighted by Gasteiger charge is -2.18. The topological polar surface area (TPSA) is 12.0 Å². The van der Waals surface area contributed by atoms with Crippen LogP contribution in [0, 0.1) is 5.41 Å². The van der Waals surface area contributed by atoms with Gasteiger partial charge in [-0.2, -0.15) is 0 Å². The quantitative estimate of drug-likeness (QED) is 0.813. The van der Waals surface area contributed by atoms with Crippen LogP contribution in [0.5, 0.6) is 0 Å². The molecule has 1 saturated carbocycles. The molecule has 2 rings (SSSR count). The third-order valence-electron chi connectivity index (χ3n) is 3.30. The van der Waals surface area contributed by atoms with Gasteiger partial charge in [-0.05, 0) is 30.4 Å². The van der Waals surface area contributed by atoms with Gasteiger partial charge in [-0.3, -0.25) is 0 Å². The monoisotopic (exact) mass is 217 g/mol. The van der Waals surface area contributed by atoms with Crippen molar-refractivity contribution in [3.05, 3.63) is 35.9 Å². The van der Waals surface area contributed by atoms with E-state index >= 15 is 0 Å². The summed E-state index contributed by atoms with van der Waals surface area (Å²) in [6.45, 7) is 8.06. The highest BCUT2D eigenvalue weighted by molar-refractivity contribution is 5.27. The summed E-state index contributed by atoms with van der Waals surface area (Å²) in [5.74, 6) is 0.765. The van der Waals surface area contributed by atoms with Gasteiger partial charge >= 0.3 is 0 Å². The van der Waals surface area contributed by atoms with Gasteiger partial charge in [-0.25, -0.2) is 0 Å². The Hall–Kier alpha value is -0.820. The molecule has 1 aliphatic carbocycles. The second-order valence-electron chi connectivity index (χ2n) is 6.12. The van der Waals surface area contributed by atoms with Crippen molar-refractivity contribution in [3.63, 3.8) is 0 Å². The standard InChI is InChI=1S/C15H23N/c1-15(2,3)9-10-16-14-11-13(14)12-7-5-4-6-8-12/h4-8,13-14,16H,9-11H2,1-3H3/t13?,14-/m0/s1. The summed E-state index contributed by atoms with van der Waals surface area (Å²) in [4.78, 5) is 0. The zero-order chi connectivity index (χ0) is 11.6. The molecule has 1 unspecified atom stereocenters. The summed E-state index contributed by atoms with van der Waals surface area (Å²) < 4.78 is 0. The Labute approximate surface area is 99.3 Å². The maximum absolute atomic E-state index is 3.66. The normalized spacial score (nSPS) is 24.4. The first-order valence-electron chi connectivity index (χ1n) is 6.34. The number of benzene rings is 1. The lowest BCUT2D eigenvalue weighted by Crippen LogP contribution is -2.23. The Morgan fingerprint density at radius 1 is 1.19 bits per heavy atom. The van der Waals surface area contributed by atoms with E-state index in [-0.39, 0.29) is 0 Å². The second-order valence-corrected chi connectivity index (χ2v) is 6.12. The average Bonchev–Trinajstić information content (AvgIpc) is 2.97. The van der Waals surface area contributed by atoms with Gasteiger partial charge in [0, 0.05) is 12.0 Å². The molecule has 1 heteroatoms. The molecule has 0 radical (unpaired) electrons. The van der Waals surface area contributed by atoms with E-state index in [1.165, 1.54) is 18.4 Å². The Morgan fingerprint density at radius 2 is 1.88 bits per heavy atom. The highest BCUT2D eigenvalue weighted by Crippen LogP contribution is 2.40. The number of rotatable bonds is 4. The van der Waals surface area contributed by atoms with Gasteiger partial charge in [0.1, 0.15) is 0 Å². The van der Waals surface area contributed by atoms with E-state index in [2.05, 4.69) is 56.4 Å². The van der Waals surface area contributed by atoms with Crippen molar-refractivity contribution in [1.29, 1.82) is 0 Å². The van der Waals surface area contributed by atoms with Crippen molar-refractivity contribution >= 4 is 0 Å². The Bertz CT molecular complexity index is 323. The fraction of sp³-hybridized carbons (Fsp3) is 0.600. The van der Waals surface area contributed by atoms with Gasteiger partial charge in [-0.15, -0.1) is 0 Å². The van der Waals surface area contributed by atoms with Crippen molar-refractivity contribution in [2.24, 2.45) is 5.41 Å². The number of hydrogen-bond acceptors (Lipinski definition) is 1. The third kappa shape index (κ3) is 3.34. The van der Waals surface area contributed by atoms with E-state index < -0.39 is 0 Å². The van der Waals surface area contributed by atoms with Crippen LogP contribution in [0.15, 0.2) is 30.3 Å². The molecule has 1 N–H and O–H groups in total. The van der Waals surface area contributed by atoms with Gasteiger partial charge in [-0.1, -0.05) is 51.1 Å². The van der Waals surface area contributed by atoms with Crippen LogP contribution in [0.1, 0.15) is 45.1 Å². The Morgan fingerprint density at radius 3 is 2.50 bits per heavy atom. The Kier molecular flexibility index (Phi) is 3.34. The molecule has 1 fully saturated rings. The highest BCUT2D eigenvalue weighted by Gasteiger charge is 2.37. The molecular weight excluding hydrogens is 194 g/mol. The van der Waals surface area contributed by atoms with Crippen molar-refractivity contribution in [1.82, 2.24) is 5.32 Å². The van der Waals surface area contributed by atoms with Gasteiger partial charge in [0.15, 0.2) is 0 Å². The van der Waals surface area contributed by atoms with Gasteiger partial charge in [0.05, 0.1) is 0 Å². The van der Waals surface area contributed by atoms with Crippen LogP contribution in [-0.2, 0) is 0 Å². The zero-order valence-electron chi connectivity index (χ0n) is 10.7.